The fourth-order valence-electron chi connectivity index (χ4n) is 3.52. The average molecular weight is 430 g/mol. The van der Waals surface area contributed by atoms with Crippen LogP contribution in [0, 0.1) is 12.7 Å². The second-order valence-corrected chi connectivity index (χ2v) is 7.41. The summed E-state index contributed by atoms with van der Waals surface area (Å²) in [6.45, 7) is 7.51. The van der Waals surface area contributed by atoms with Crippen LogP contribution >= 0.6 is 0 Å². The molecular formula is C22H27FN4O4. The molecule has 1 aliphatic rings. The lowest BCUT2D eigenvalue weighted by atomic mass is 10.1. The molecule has 1 aromatic heterocycles. The van der Waals surface area contributed by atoms with Gasteiger partial charge in [0, 0.05) is 38.2 Å². The quantitative estimate of drug-likeness (QED) is 0.624. The van der Waals surface area contributed by atoms with E-state index in [2.05, 4.69) is 14.9 Å². The van der Waals surface area contributed by atoms with Crippen LogP contribution in [-0.4, -0.2) is 59.0 Å². The molecule has 0 N–H and O–H groups in total. The first-order chi connectivity index (χ1) is 14.9. The van der Waals surface area contributed by atoms with Gasteiger partial charge in [-0.3, -0.25) is 9.59 Å². The smallest absolute Gasteiger partial charge is 0.306 e. The van der Waals surface area contributed by atoms with Crippen LogP contribution in [0.1, 0.15) is 32.3 Å². The zero-order chi connectivity index (χ0) is 22.4. The number of piperazine rings is 1. The summed E-state index contributed by atoms with van der Waals surface area (Å²) in [5.74, 6) is 0.842. The minimum Gasteiger partial charge on any atom is -0.466 e. The number of carbonyl (C=O) groups is 2. The third kappa shape index (κ3) is 5.90. The number of amides is 1. The van der Waals surface area contributed by atoms with E-state index < -0.39 is 0 Å². The highest BCUT2D eigenvalue weighted by atomic mass is 19.1. The predicted octanol–water partition coefficient (Wildman–Crippen LogP) is 3.10. The summed E-state index contributed by atoms with van der Waals surface area (Å²) in [6, 6.07) is 5.99. The summed E-state index contributed by atoms with van der Waals surface area (Å²) < 4.78 is 24.0. The van der Waals surface area contributed by atoms with Crippen LogP contribution in [0.4, 0.5) is 10.2 Å². The van der Waals surface area contributed by atoms with Crippen molar-refractivity contribution >= 4 is 17.7 Å². The fraction of sp³-hybridized carbons (Fsp3) is 0.455. The first kappa shape index (κ1) is 22.5. The highest BCUT2D eigenvalue weighted by Crippen LogP contribution is 2.26. The van der Waals surface area contributed by atoms with Crippen molar-refractivity contribution in [3.63, 3.8) is 0 Å². The maximum absolute atomic E-state index is 13.3. The van der Waals surface area contributed by atoms with Crippen LogP contribution in [0.2, 0.25) is 0 Å². The summed E-state index contributed by atoms with van der Waals surface area (Å²) in [5, 5.41) is 0. The largest absolute Gasteiger partial charge is 0.466 e. The minimum atomic E-state index is -0.355. The highest BCUT2D eigenvalue weighted by molar-refractivity contribution is 5.81. The van der Waals surface area contributed by atoms with E-state index in [9.17, 15) is 14.0 Å². The van der Waals surface area contributed by atoms with Gasteiger partial charge >= 0.3 is 5.97 Å². The van der Waals surface area contributed by atoms with Crippen LogP contribution in [0.15, 0.2) is 30.6 Å². The van der Waals surface area contributed by atoms with Gasteiger partial charge in [-0.2, -0.15) is 0 Å². The molecule has 2 heterocycles. The maximum Gasteiger partial charge on any atom is 0.306 e. The van der Waals surface area contributed by atoms with E-state index in [4.69, 9.17) is 9.47 Å². The molecule has 1 aliphatic heterocycles. The lowest BCUT2D eigenvalue weighted by molar-refractivity contribution is -0.146. The van der Waals surface area contributed by atoms with Crippen molar-refractivity contribution in [2.75, 3.05) is 31.1 Å². The van der Waals surface area contributed by atoms with Crippen molar-refractivity contribution in [2.45, 2.75) is 39.7 Å². The topological polar surface area (TPSA) is 84.9 Å². The number of hydrogen-bond donors (Lipinski definition) is 0. The second kappa shape index (κ2) is 10.2. The van der Waals surface area contributed by atoms with E-state index in [1.807, 2.05) is 6.92 Å². The van der Waals surface area contributed by atoms with E-state index in [0.29, 0.717) is 49.3 Å². The van der Waals surface area contributed by atoms with Crippen molar-refractivity contribution in [2.24, 2.45) is 0 Å². The molecule has 8 nitrogen and oxygen atoms in total. The molecule has 31 heavy (non-hydrogen) atoms. The fourth-order valence-corrected chi connectivity index (χ4v) is 3.52. The Bertz CT molecular complexity index is 939. The average Bonchev–Trinajstić information content (AvgIpc) is 2.74. The van der Waals surface area contributed by atoms with Gasteiger partial charge in [0.1, 0.15) is 23.7 Å². The van der Waals surface area contributed by atoms with Gasteiger partial charge in [-0.1, -0.05) is 0 Å². The van der Waals surface area contributed by atoms with Gasteiger partial charge in [0.15, 0.2) is 0 Å². The molecule has 3 rings (SSSR count). The van der Waals surface area contributed by atoms with Crippen LogP contribution < -0.4 is 9.64 Å². The summed E-state index contributed by atoms with van der Waals surface area (Å²) in [4.78, 5) is 36.3. The third-order valence-corrected chi connectivity index (χ3v) is 5.10. The molecule has 1 unspecified atom stereocenters. The maximum atomic E-state index is 13.3. The van der Waals surface area contributed by atoms with Gasteiger partial charge in [0.25, 0.3) is 0 Å². The molecule has 1 aromatic carbocycles. The number of aryl methyl sites for hydroxylation is 1. The molecule has 1 amide bonds. The number of carbonyl (C=O) groups excluding carboxylic acids is 2. The van der Waals surface area contributed by atoms with Crippen molar-refractivity contribution < 1.29 is 23.5 Å². The number of ether oxygens (including phenoxy) is 2. The minimum absolute atomic E-state index is 0.0397. The van der Waals surface area contributed by atoms with E-state index >= 15 is 0 Å². The molecule has 0 aliphatic carbocycles. The normalized spacial score (nSPS) is 16.2. The zero-order valence-corrected chi connectivity index (χ0v) is 18.0. The van der Waals surface area contributed by atoms with E-state index in [-0.39, 0.29) is 36.6 Å². The van der Waals surface area contributed by atoms with E-state index in [1.54, 1.807) is 30.9 Å². The van der Waals surface area contributed by atoms with Crippen molar-refractivity contribution in [1.82, 2.24) is 14.9 Å². The standard InChI is InChI=1S/C22H27FN4O4/c1-4-30-22(29)8-7-21(28)27-10-9-26(13-16(27)3)19-12-20(25-14-24-19)31-18-6-5-17(23)11-15(18)2/h5-6,11-12,14,16H,4,7-10,13H2,1-3H3. The van der Waals surface area contributed by atoms with Crippen LogP contribution in [-0.2, 0) is 14.3 Å². The first-order valence-electron chi connectivity index (χ1n) is 10.3. The highest BCUT2D eigenvalue weighted by Gasteiger charge is 2.28. The molecule has 0 spiro atoms. The number of hydrogen-bond acceptors (Lipinski definition) is 7. The lowest BCUT2D eigenvalue weighted by Gasteiger charge is -2.40. The number of halogens is 1. The summed E-state index contributed by atoms with van der Waals surface area (Å²) >= 11 is 0. The van der Waals surface area contributed by atoms with E-state index in [1.165, 1.54) is 18.5 Å². The van der Waals surface area contributed by atoms with Gasteiger partial charge in [0.2, 0.25) is 11.8 Å². The van der Waals surface area contributed by atoms with Gasteiger partial charge < -0.3 is 19.3 Å². The number of rotatable bonds is 7. The number of esters is 1. The molecule has 9 heteroatoms. The molecular weight excluding hydrogens is 403 g/mol. The number of anilines is 1. The van der Waals surface area contributed by atoms with Crippen molar-refractivity contribution in [1.29, 1.82) is 0 Å². The van der Waals surface area contributed by atoms with Crippen LogP contribution in [0.25, 0.3) is 0 Å². The second-order valence-electron chi connectivity index (χ2n) is 7.41. The molecule has 1 fully saturated rings. The SMILES string of the molecule is CCOC(=O)CCC(=O)N1CCN(c2cc(Oc3ccc(F)cc3C)ncn2)CC1C. The Labute approximate surface area is 181 Å². The van der Waals surface area contributed by atoms with Gasteiger partial charge in [-0.15, -0.1) is 0 Å². The Morgan fingerprint density at radius 2 is 2.00 bits per heavy atom. The number of nitrogens with zero attached hydrogens (tertiary/aromatic N) is 4. The monoisotopic (exact) mass is 430 g/mol. The molecule has 1 atom stereocenters. The predicted molar refractivity (Wildman–Crippen MR) is 112 cm³/mol. The summed E-state index contributed by atoms with van der Waals surface area (Å²) in [5.41, 5.74) is 0.670. The van der Waals surface area contributed by atoms with Crippen LogP contribution in [0.3, 0.4) is 0 Å². The number of benzene rings is 1. The van der Waals surface area contributed by atoms with E-state index in [0.717, 1.165) is 0 Å². The zero-order valence-electron chi connectivity index (χ0n) is 18.0. The van der Waals surface area contributed by atoms with Gasteiger partial charge in [0.05, 0.1) is 13.0 Å². The number of aromatic nitrogens is 2. The molecule has 1 saturated heterocycles. The Balaban J connectivity index is 1.60. The van der Waals surface area contributed by atoms with Crippen molar-refractivity contribution in [3.05, 3.63) is 42.0 Å². The third-order valence-electron chi connectivity index (χ3n) is 5.10. The molecule has 2 aromatic rings. The molecule has 166 valence electrons. The Kier molecular flexibility index (Phi) is 7.38. The van der Waals surface area contributed by atoms with Crippen LogP contribution in [0.5, 0.6) is 11.6 Å². The Morgan fingerprint density at radius 3 is 2.71 bits per heavy atom. The van der Waals surface area contributed by atoms with Gasteiger partial charge in [-0.05, 0) is 44.5 Å². The Hall–Kier alpha value is -3.23. The summed E-state index contributed by atoms with van der Waals surface area (Å²) in [7, 11) is 0. The molecule has 0 saturated carbocycles. The molecule has 0 radical (unpaired) electrons. The van der Waals surface area contributed by atoms with Crippen molar-refractivity contribution in [3.8, 4) is 11.6 Å². The first-order valence-corrected chi connectivity index (χ1v) is 10.3. The summed E-state index contributed by atoms with van der Waals surface area (Å²) in [6.07, 6.45) is 1.66. The lowest BCUT2D eigenvalue weighted by Crippen LogP contribution is -2.54. The Morgan fingerprint density at radius 1 is 1.19 bits per heavy atom. The molecule has 0 bridgehead atoms. The van der Waals surface area contributed by atoms with Gasteiger partial charge in [-0.25, -0.2) is 14.4 Å².